The van der Waals surface area contributed by atoms with Crippen LogP contribution in [0.15, 0.2) is 18.2 Å². The summed E-state index contributed by atoms with van der Waals surface area (Å²) in [5.41, 5.74) is 4.20. The molecule has 3 atom stereocenters. The van der Waals surface area contributed by atoms with Gasteiger partial charge in [-0.1, -0.05) is 31.0 Å². The molecule has 21 heavy (non-hydrogen) atoms. The van der Waals surface area contributed by atoms with Gasteiger partial charge in [-0.25, -0.2) is 0 Å². The van der Waals surface area contributed by atoms with Gasteiger partial charge in [-0.15, -0.1) is 0 Å². The van der Waals surface area contributed by atoms with Gasteiger partial charge in [0.05, 0.1) is 6.04 Å². The number of aryl methyl sites for hydroxylation is 2. The number of fused-ring (bicyclic) bond motifs is 2. The van der Waals surface area contributed by atoms with Gasteiger partial charge in [0.2, 0.25) is 0 Å². The largest absolute Gasteiger partial charge is 0.304 e. The van der Waals surface area contributed by atoms with E-state index in [0.717, 1.165) is 12.3 Å². The number of hydrogen-bond acceptors (Lipinski definition) is 2. The van der Waals surface area contributed by atoms with Gasteiger partial charge in [0, 0.05) is 12.5 Å². The van der Waals surface area contributed by atoms with Crippen molar-refractivity contribution >= 4 is 5.78 Å². The highest BCUT2D eigenvalue weighted by Crippen LogP contribution is 2.33. The van der Waals surface area contributed by atoms with E-state index in [0.29, 0.717) is 18.2 Å². The molecule has 0 radical (unpaired) electrons. The summed E-state index contributed by atoms with van der Waals surface area (Å²) >= 11 is 0. The summed E-state index contributed by atoms with van der Waals surface area (Å²) in [6.45, 7) is 0. The molecule has 3 unspecified atom stereocenters. The molecule has 1 N–H and O–H groups in total. The number of nitrogens with one attached hydrogen (secondary N) is 1. The van der Waals surface area contributed by atoms with Crippen LogP contribution >= 0.6 is 0 Å². The van der Waals surface area contributed by atoms with Crippen molar-refractivity contribution in [2.24, 2.45) is 5.92 Å². The number of hydrogen-bond donors (Lipinski definition) is 1. The molecule has 2 nitrogen and oxygen atoms in total. The fraction of sp³-hybridized carbons (Fsp3) is 0.632. The molecule has 2 fully saturated rings. The Hall–Kier alpha value is -1.15. The zero-order chi connectivity index (χ0) is 14.2. The molecule has 2 heteroatoms. The smallest absolute Gasteiger partial charge is 0.154 e. The fourth-order valence-electron chi connectivity index (χ4n) is 4.62. The maximum Gasteiger partial charge on any atom is 0.154 e. The molecule has 0 bridgehead atoms. The van der Waals surface area contributed by atoms with Crippen molar-refractivity contribution in [3.05, 3.63) is 34.9 Å². The predicted molar refractivity (Wildman–Crippen MR) is 84.5 cm³/mol. The van der Waals surface area contributed by atoms with Crippen LogP contribution in [0.1, 0.15) is 55.2 Å². The third-order valence-electron chi connectivity index (χ3n) is 5.79. The standard InChI is InChI=1S/C19H25NO/c21-19(18-12-16-4-1-2-7-17(16)20-18)11-13-8-9-14-5-3-6-15(14)10-13/h8-10,16-18,20H,1-7,11-12H2. The zero-order valence-corrected chi connectivity index (χ0v) is 12.7. The van der Waals surface area contributed by atoms with Gasteiger partial charge in [-0.05, 0) is 61.1 Å². The van der Waals surface area contributed by atoms with E-state index in [9.17, 15) is 4.79 Å². The number of carbonyl (C=O) groups excluding carboxylic acids is 1. The first-order valence-corrected chi connectivity index (χ1v) is 8.69. The summed E-state index contributed by atoms with van der Waals surface area (Å²) in [7, 11) is 0. The Labute approximate surface area is 127 Å². The molecular weight excluding hydrogens is 258 g/mol. The molecule has 2 aliphatic carbocycles. The number of rotatable bonds is 3. The first-order valence-electron chi connectivity index (χ1n) is 8.69. The zero-order valence-electron chi connectivity index (χ0n) is 12.7. The molecule has 4 rings (SSSR count). The summed E-state index contributed by atoms with van der Waals surface area (Å²) in [5.74, 6) is 1.16. The Kier molecular flexibility index (Phi) is 3.58. The highest BCUT2D eigenvalue weighted by molar-refractivity contribution is 5.86. The van der Waals surface area contributed by atoms with Gasteiger partial charge >= 0.3 is 0 Å². The van der Waals surface area contributed by atoms with E-state index in [1.54, 1.807) is 0 Å². The Morgan fingerprint density at radius 2 is 1.95 bits per heavy atom. The van der Waals surface area contributed by atoms with Gasteiger partial charge in [0.25, 0.3) is 0 Å². The lowest BCUT2D eigenvalue weighted by Gasteiger charge is -2.24. The summed E-state index contributed by atoms with van der Waals surface area (Å²) in [6.07, 6.45) is 10.7. The van der Waals surface area contributed by atoms with Crippen molar-refractivity contribution in [2.75, 3.05) is 0 Å². The van der Waals surface area contributed by atoms with E-state index < -0.39 is 0 Å². The van der Waals surface area contributed by atoms with Crippen molar-refractivity contribution in [2.45, 2.75) is 69.9 Å². The van der Waals surface area contributed by atoms with E-state index in [2.05, 4.69) is 23.5 Å². The topological polar surface area (TPSA) is 29.1 Å². The first-order chi connectivity index (χ1) is 10.3. The van der Waals surface area contributed by atoms with Gasteiger partial charge < -0.3 is 5.32 Å². The van der Waals surface area contributed by atoms with E-state index in [1.807, 2.05) is 0 Å². The molecule has 1 aromatic carbocycles. The first kappa shape index (κ1) is 13.5. The molecule has 1 saturated carbocycles. The minimum absolute atomic E-state index is 0.117. The van der Waals surface area contributed by atoms with Gasteiger partial charge in [-0.3, -0.25) is 4.79 Å². The molecule has 1 heterocycles. The number of Topliss-reactive ketones (excluding diaryl/α,β-unsaturated/α-hetero) is 1. The third-order valence-corrected chi connectivity index (χ3v) is 5.79. The SMILES string of the molecule is O=C(Cc1ccc2c(c1)CCC2)C1CC2CCCCC2N1. The van der Waals surface area contributed by atoms with Crippen LogP contribution in [0, 0.1) is 5.92 Å². The van der Waals surface area contributed by atoms with E-state index in [-0.39, 0.29) is 6.04 Å². The van der Waals surface area contributed by atoms with Crippen LogP contribution in [0.5, 0.6) is 0 Å². The van der Waals surface area contributed by atoms with Crippen LogP contribution in [0.2, 0.25) is 0 Å². The van der Waals surface area contributed by atoms with Crippen LogP contribution in [-0.4, -0.2) is 17.9 Å². The number of ketones is 1. The normalized spacial score (nSPS) is 31.0. The molecule has 0 aromatic heterocycles. The summed E-state index contributed by atoms with van der Waals surface area (Å²) < 4.78 is 0. The predicted octanol–water partition coefficient (Wildman–Crippen LogP) is 3.21. The quantitative estimate of drug-likeness (QED) is 0.923. The molecule has 0 amide bonds. The van der Waals surface area contributed by atoms with Gasteiger partial charge in [-0.2, -0.15) is 0 Å². The highest BCUT2D eigenvalue weighted by Gasteiger charge is 2.37. The minimum atomic E-state index is 0.117. The van der Waals surface area contributed by atoms with Gasteiger partial charge in [0.1, 0.15) is 0 Å². The molecular formula is C19H25NO. The van der Waals surface area contributed by atoms with E-state index >= 15 is 0 Å². The van der Waals surface area contributed by atoms with Crippen molar-refractivity contribution in [1.82, 2.24) is 5.32 Å². The Balaban J connectivity index is 1.42. The lowest BCUT2D eigenvalue weighted by atomic mass is 9.84. The highest BCUT2D eigenvalue weighted by atomic mass is 16.1. The molecule has 1 aromatic rings. The van der Waals surface area contributed by atoms with E-state index in [1.165, 1.54) is 61.6 Å². The molecule has 112 valence electrons. The molecule has 3 aliphatic rings. The second-order valence-electron chi connectivity index (χ2n) is 7.21. The van der Waals surface area contributed by atoms with Crippen LogP contribution in [0.25, 0.3) is 0 Å². The van der Waals surface area contributed by atoms with Crippen LogP contribution < -0.4 is 5.32 Å². The second kappa shape index (κ2) is 5.57. The average Bonchev–Trinajstić information content (AvgIpc) is 3.13. The molecule has 1 aliphatic heterocycles. The minimum Gasteiger partial charge on any atom is -0.304 e. The summed E-state index contributed by atoms with van der Waals surface area (Å²) in [6, 6.07) is 7.43. The summed E-state index contributed by atoms with van der Waals surface area (Å²) in [5, 5.41) is 3.62. The van der Waals surface area contributed by atoms with Crippen molar-refractivity contribution in [3.63, 3.8) is 0 Å². The van der Waals surface area contributed by atoms with Crippen LogP contribution in [0.3, 0.4) is 0 Å². The van der Waals surface area contributed by atoms with Crippen LogP contribution in [-0.2, 0) is 24.1 Å². The molecule has 1 saturated heterocycles. The van der Waals surface area contributed by atoms with Crippen molar-refractivity contribution < 1.29 is 4.79 Å². The van der Waals surface area contributed by atoms with Crippen LogP contribution in [0.4, 0.5) is 0 Å². The molecule has 0 spiro atoms. The lowest BCUT2D eigenvalue weighted by molar-refractivity contribution is -0.120. The average molecular weight is 283 g/mol. The maximum atomic E-state index is 12.6. The Morgan fingerprint density at radius 3 is 2.86 bits per heavy atom. The second-order valence-corrected chi connectivity index (χ2v) is 7.21. The third kappa shape index (κ3) is 2.66. The van der Waals surface area contributed by atoms with Gasteiger partial charge in [0.15, 0.2) is 5.78 Å². The van der Waals surface area contributed by atoms with Crippen molar-refractivity contribution in [1.29, 1.82) is 0 Å². The monoisotopic (exact) mass is 283 g/mol. The Morgan fingerprint density at radius 1 is 1.10 bits per heavy atom. The Bertz CT molecular complexity index is 536. The van der Waals surface area contributed by atoms with Crippen molar-refractivity contribution in [3.8, 4) is 0 Å². The maximum absolute atomic E-state index is 12.6. The summed E-state index contributed by atoms with van der Waals surface area (Å²) in [4.78, 5) is 12.6. The fourth-order valence-corrected chi connectivity index (χ4v) is 4.62. The lowest BCUT2D eigenvalue weighted by Crippen LogP contribution is -2.37. The van der Waals surface area contributed by atoms with E-state index in [4.69, 9.17) is 0 Å². The number of benzene rings is 1. The number of carbonyl (C=O) groups is 1.